The van der Waals surface area contributed by atoms with Crippen LogP contribution in [-0.4, -0.2) is 40.7 Å². The van der Waals surface area contributed by atoms with E-state index in [4.69, 9.17) is 21.1 Å². The molecule has 0 unspecified atom stereocenters. The molecule has 0 aromatic heterocycles. The third kappa shape index (κ3) is 8.62. The number of aliphatic hydroxyl groups excluding tert-OH is 3. The Hall–Kier alpha value is -1.16. The second-order valence-corrected chi connectivity index (χ2v) is 8.40. The summed E-state index contributed by atoms with van der Waals surface area (Å²) in [4.78, 5) is 0. The van der Waals surface area contributed by atoms with Crippen LogP contribution in [0, 0.1) is 0 Å². The van der Waals surface area contributed by atoms with Crippen molar-refractivity contribution < 1.29 is 47.2 Å². The number of rotatable bonds is 6. The minimum Gasteiger partial charge on any atom is -1.00 e. The van der Waals surface area contributed by atoms with Crippen molar-refractivity contribution in [2.75, 3.05) is 19.8 Å². The monoisotopic (exact) mass is 521 g/mol. The van der Waals surface area contributed by atoms with Crippen LogP contribution in [0.3, 0.4) is 0 Å². The summed E-state index contributed by atoms with van der Waals surface area (Å²) < 4.78 is 0. The fourth-order valence-corrected chi connectivity index (χ4v) is 4.63. The van der Waals surface area contributed by atoms with E-state index in [1.54, 1.807) is 0 Å². The average Bonchev–Trinajstić information content (AvgIpc) is 2.76. The number of aliphatic hydroxyl groups is 3. The maximum Gasteiger partial charge on any atom is 0.0856 e. The maximum atomic E-state index is 8.34. The second kappa shape index (κ2) is 14.8. The van der Waals surface area contributed by atoms with Gasteiger partial charge in [0.1, 0.15) is 0 Å². The summed E-state index contributed by atoms with van der Waals surface area (Å²) in [7, 11) is -0.446. The smallest absolute Gasteiger partial charge is 0.0856 e. The van der Waals surface area contributed by atoms with Gasteiger partial charge in [-0.05, 0) is 23.8 Å². The van der Waals surface area contributed by atoms with Gasteiger partial charge < -0.3 is 33.5 Å². The predicted octanol–water partition coefficient (Wildman–Crippen LogP) is -1.89. The number of hydrogen-bond donors (Lipinski definition) is 4. The van der Waals surface area contributed by atoms with Gasteiger partial charge >= 0.3 is 0 Å². The molecule has 3 aromatic carbocycles. The fraction of sp³-hybridized carbons (Fsp3) is 0.182. The summed E-state index contributed by atoms with van der Waals surface area (Å²) in [6, 6.07) is 32.3. The fourth-order valence-electron chi connectivity index (χ4n) is 2.33. The molecule has 0 saturated carbocycles. The van der Waals surface area contributed by atoms with E-state index >= 15 is 0 Å². The van der Waals surface area contributed by atoms with Crippen LogP contribution in [0.5, 0.6) is 0 Å². The molecule has 3 rings (SSSR count). The first-order valence-electron chi connectivity index (χ1n) is 8.70. The molecule has 0 amide bonds. The molecule has 0 heterocycles. The normalized spacial score (nSPS) is 10.2. The van der Waals surface area contributed by atoms with Crippen molar-refractivity contribution in [2.24, 2.45) is 5.73 Å². The van der Waals surface area contributed by atoms with Crippen molar-refractivity contribution in [2.45, 2.75) is 5.54 Å². The van der Waals surface area contributed by atoms with Gasteiger partial charge in [0.15, 0.2) is 0 Å². The van der Waals surface area contributed by atoms with Gasteiger partial charge in [-0.25, -0.2) is 0 Å². The SMILES string of the molecule is NC(CO)(CO)CO.[Cl-].[Rh].c1ccc(P(c2ccccc2)c2ccccc2)cc1. The quantitative estimate of drug-likeness (QED) is 0.226. The zero-order valence-corrected chi connectivity index (χ0v) is 19.1. The van der Waals surface area contributed by atoms with Gasteiger partial charge in [-0.3, -0.25) is 0 Å². The predicted molar refractivity (Wildman–Crippen MR) is 113 cm³/mol. The number of nitrogens with two attached hydrogens (primary N) is 1. The Bertz CT molecular complexity index is 676. The van der Waals surface area contributed by atoms with Crippen LogP contribution in [-0.2, 0) is 19.5 Å². The molecule has 4 nitrogen and oxygen atoms in total. The molecule has 0 bridgehead atoms. The molecule has 0 aliphatic heterocycles. The Kier molecular flexibility index (Phi) is 14.2. The molecule has 0 atom stereocenters. The number of benzene rings is 3. The Morgan fingerprint density at radius 1 is 0.586 bits per heavy atom. The summed E-state index contributed by atoms with van der Waals surface area (Å²) in [5, 5.41) is 29.2. The molecule has 0 spiro atoms. The van der Waals surface area contributed by atoms with Crippen LogP contribution in [0.4, 0.5) is 0 Å². The summed E-state index contributed by atoms with van der Waals surface area (Å²) >= 11 is 0. The van der Waals surface area contributed by atoms with Gasteiger partial charge in [-0.2, -0.15) is 0 Å². The van der Waals surface area contributed by atoms with Crippen LogP contribution in [0.15, 0.2) is 91.0 Å². The average molecular weight is 522 g/mol. The molecular formula is C22H26ClNO3PRh-. The van der Waals surface area contributed by atoms with E-state index in [9.17, 15) is 0 Å². The first kappa shape index (κ1) is 27.8. The van der Waals surface area contributed by atoms with Crippen LogP contribution in [0.25, 0.3) is 0 Å². The summed E-state index contributed by atoms with van der Waals surface area (Å²) in [5.41, 5.74) is 3.94. The van der Waals surface area contributed by atoms with Crippen LogP contribution >= 0.6 is 7.92 Å². The van der Waals surface area contributed by atoms with Gasteiger partial charge in [-0.1, -0.05) is 91.0 Å². The molecule has 7 heteroatoms. The van der Waals surface area contributed by atoms with Crippen molar-refractivity contribution in [3.8, 4) is 0 Å². The van der Waals surface area contributed by atoms with Crippen LogP contribution in [0.2, 0.25) is 0 Å². The van der Waals surface area contributed by atoms with Crippen LogP contribution < -0.4 is 34.1 Å². The summed E-state index contributed by atoms with van der Waals surface area (Å²) in [6.45, 7) is -1.21. The number of halogens is 1. The van der Waals surface area contributed by atoms with Gasteiger partial charge in [-0.15, -0.1) is 0 Å². The second-order valence-electron chi connectivity index (χ2n) is 6.18. The first-order chi connectivity index (χ1) is 13.1. The molecule has 3 aromatic rings. The van der Waals surface area contributed by atoms with Gasteiger partial charge in [0.2, 0.25) is 0 Å². The Morgan fingerprint density at radius 2 is 0.828 bits per heavy atom. The van der Waals surface area contributed by atoms with E-state index < -0.39 is 33.3 Å². The molecule has 0 saturated heterocycles. The zero-order chi connectivity index (χ0) is 19.5. The summed E-state index contributed by atoms with van der Waals surface area (Å²) in [6.07, 6.45) is 0. The Labute approximate surface area is 192 Å². The maximum absolute atomic E-state index is 8.34. The Morgan fingerprint density at radius 3 is 1.00 bits per heavy atom. The molecular weight excluding hydrogens is 496 g/mol. The molecule has 29 heavy (non-hydrogen) atoms. The van der Waals surface area contributed by atoms with E-state index in [1.165, 1.54) is 15.9 Å². The van der Waals surface area contributed by atoms with E-state index in [-0.39, 0.29) is 31.9 Å². The van der Waals surface area contributed by atoms with E-state index in [2.05, 4.69) is 91.0 Å². The van der Waals surface area contributed by atoms with Crippen molar-refractivity contribution in [3.63, 3.8) is 0 Å². The van der Waals surface area contributed by atoms with Gasteiger partial charge in [0, 0.05) is 19.5 Å². The van der Waals surface area contributed by atoms with Gasteiger partial charge in [0.05, 0.1) is 25.4 Å². The Balaban J connectivity index is 0.000000681. The minimum absolute atomic E-state index is 0. The summed E-state index contributed by atoms with van der Waals surface area (Å²) in [5.74, 6) is 0. The van der Waals surface area contributed by atoms with E-state index in [0.717, 1.165) is 0 Å². The standard InChI is InChI=1S/C18H15P.C4H11NO3.ClH.Rh/c1-4-10-16(11-5-1)19(17-12-6-2-7-13-17)18-14-8-3-9-15-18;5-4(1-6,2-7)3-8;;/h1-15H;6-8H,1-3,5H2;1H;/p-1. The molecule has 0 aliphatic rings. The minimum atomic E-state index is -1.21. The largest absolute Gasteiger partial charge is 1.00 e. The first-order valence-corrected chi connectivity index (χ1v) is 10.0. The third-order valence-corrected chi connectivity index (χ3v) is 6.43. The topological polar surface area (TPSA) is 86.7 Å². The van der Waals surface area contributed by atoms with Crippen molar-refractivity contribution in [3.05, 3.63) is 91.0 Å². The molecule has 0 fully saturated rings. The van der Waals surface area contributed by atoms with Crippen molar-refractivity contribution in [1.29, 1.82) is 0 Å². The third-order valence-electron chi connectivity index (χ3n) is 3.99. The van der Waals surface area contributed by atoms with E-state index in [0.29, 0.717) is 0 Å². The molecule has 1 radical (unpaired) electrons. The van der Waals surface area contributed by atoms with Crippen LogP contribution in [0.1, 0.15) is 0 Å². The number of hydrogen-bond acceptors (Lipinski definition) is 4. The zero-order valence-electron chi connectivity index (χ0n) is 15.9. The molecule has 0 aliphatic carbocycles. The molecule has 159 valence electrons. The molecule has 5 N–H and O–H groups in total. The van der Waals surface area contributed by atoms with E-state index in [1.807, 2.05) is 0 Å². The van der Waals surface area contributed by atoms with Crippen molar-refractivity contribution in [1.82, 2.24) is 0 Å². The van der Waals surface area contributed by atoms with Gasteiger partial charge in [0.25, 0.3) is 0 Å². The van der Waals surface area contributed by atoms with Crippen molar-refractivity contribution >= 4 is 23.8 Å².